The van der Waals surface area contributed by atoms with E-state index < -0.39 is 0 Å². The van der Waals surface area contributed by atoms with Gasteiger partial charge in [0, 0.05) is 11.6 Å². The molecule has 2 heteroatoms. The molecular weight excluding hydrogens is 196 g/mol. The van der Waals surface area contributed by atoms with Crippen molar-refractivity contribution >= 4 is 10.8 Å². The minimum absolute atomic E-state index is 0.302. The number of nitriles is 1. The molecular formula is C14H12N2. The number of aromatic nitrogens is 1. The van der Waals surface area contributed by atoms with E-state index in [2.05, 4.69) is 23.2 Å². The molecule has 2 aromatic rings. The molecule has 0 bridgehead atoms. The maximum atomic E-state index is 9.27. The topological polar surface area (TPSA) is 36.7 Å². The number of nitrogens with zero attached hydrogens (tertiary/aromatic N) is 2. The Kier molecular flexibility index (Phi) is 1.94. The summed E-state index contributed by atoms with van der Waals surface area (Å²) in [5.41, 5.74) is 0.643. The molecule has 78 valence electrons. The Balaban J connectivity index is 2.16. The van der Waals surface area contributed by atoms with Gasteiger partial charge in [-0.05, 0) is 30.7 Å². The van der Waals surface area contributed by atoms with Gasteiger partial charge < -0.3 is 0 Å². The highest BCUT2D eigenvalue weighted by molar-refractivity contribution is 5.82. The standard InChI is InChI=1S/C14H12N2/c15-10-14(6-3-7-14)13-8-11-4-1-2-5-12(11)9-16-13/h1-2,4-5,8-9H,3,6-7H2. The highest BCUT2D eigenvalue weighted by atomic mass is 14.7. The van der Waals surface area contributed by atoms with Gasteiger partial charge in [-0.1, -0.05) is 24.3 Å². The van der Waals surface area contributed by atoms with Crippen molar-refractivity contribution in [2.45, 2.75) is 24.7 Å². The number of hydrogen-bond acceptors (Lipinski definition) is 2. The number of benzene rings is 1. The van der Waals surface area contributed by atoms with Crippen molar-refractivity contribution in [3.8, 4) is 6.07 Å². The molecule has 0 saturated heterocycles. The van der Waals surface area contributed by atoms with Crippen LogP contribution < -0.4 is 0 Å². The molecule has 1 fully saturated rings. The van der Waals surface area contributed by atoms with Crippen molar-refractivity contribution in [1.29, 1.82) is 5.26 Å². The molecule has 3 rings (SSSR count). The first-order valence-corrected chi connectivity index (χ1v) is 5.61. The summed E-state index contributed by atoms with van der Waals surface area (Å²) in [7, 11) is 0. The average Bonchev–Trinajstić information content (AvgIpc) is 2.28. The summed E-state index contributed by atoms with van der Waals surface area (Å²) in [6.07, 6.45) is 4.92. The molecule has 0 unspecified atom stereocenters. The first-order chi connectivity index (χ1) is 7.84. The van der Waals surface area contributed by atoms with E-state index in [-0.39, 0.29) is 5.41 Å². The van der Waals surface area contributed by atoms with E-state index >= 15 is 0 Å². The zero-order valence-electron chi connectivity index (χ0n) is 8.98. The van der Waals surface area contributed by atoms with Gasteiger partial charge in [0.25, 0.3) is 0 Å². The first kappa shape index (κ1) is 9.35. The van der Waals surface area contributed by atoms with Gasteiger partial charge >= 0.3 is 0 Å². The Morgan fingerprint density at radius 2 is 1.94 bits per heavy atom. The largest absolute Gasteiger partial charge is 0.259 e. The van der Waals surface area contributed by atoms with Crippen molar-refractivity contribution < 1.29 is 0 Å². The summed E-state index contributed by atoms with van der Waals surface area (Å²) in [6, 6.07) is 12.6. The number of rotatable bonds is 1. The maximum absolute atomic E-state index is 9.27. The van der Waals surface area contributed by atoms with Crippen LogP contribution in [0.15, 0.2) is 36.5 Å². The van der Waals surface area contributed by atoms with Crippen LogP contribution in [0.5, 0.6) is 0 Å². The third-order valence-electron chi connectivity index (χ3n) is 3.54. The van der Waals surface area contributed by atoms with Crippen LogP contribution in [0.3, 0.4) is 0 Å². The van der Waals surface area contributed by atoms with Gasteiger partial charge in [-0.15, -0.1) is 0 Å². The van der Waals surface area contributed by atoms with Crippen molar-refractivity contribution in [2.75, 3.05) is 0 Å². The summed E-state index contributed by atoms with van der Waals surface area (Å²) >= 11 is 0. The smallest absolute Gasteiger partial charge is 0.0993 e. The van der Waals surface area contributed by atoms with E-state index in [4.69, 9.17) is 0 Å². The Morgan fingerprint density at radius 3 is 2.56 bits per heavy atom. The molecule has 0 radical (unpaired) electrons. The molecule has 16 heavy (non-hydrogen) atoms. The molecule has 1 aromatic carbocycles. The summed E-state index contributed by atoms with van der Waals surface area (Å²) in [6.45, 7) is 0. The van der Waals surface area contributed by atoms with Gasteiger partial charge in [0.15, 0.2) is 0 Å². The van der Waals surface area contributed by atoms with E-state index in [1.54, 1.807) is 0 Å². The van der Waals surface area contributed by atoms with Crippen LogP contribution in [-0.2, 0) is 5.41 Å². The number of hydrogen-bond donors (Lipinski definition) is 0. The molecule has 0 amide bonds. The lowest BCUT2D eigenvalue weighted by atomic mass is 9.67. The summed E-state index contributed by atoms with van der Waals surface area (Å²) < 4.78 is 0. The lowest BCUT2D eigenvalue weighted by Crippen LogP contribution is -2.33. The zero-order chi connectivity index (χ0) is 11.0. The van der Waals surface area contributed by atoms with E-state index in [9.17, 15) is 5.26 Å². The molecule has 0 aliphatic heterocycles. The fourth-order valence-corrected chi connectivity index (χ4v) is 2.30. The number of pyridine rings is 1. The van der Waals surface area contributed by atoms with Crippen LogP contribution in [0.1, 0.15) is 25.0 Å². The van der Waals surface area contributed by atoms with Gasteiger partial charge in [0.1, 0.15) is 0 Å². The van der Waals surface area contributed by atoms with Gasteiger partial charge in [0.2, 0.25) is 0 Å². The van der Waals surface area contributed by atoms with Crippen molar-refractivity contribution in [3.63, 3.8) is 0 Å². The average molecular weight is 208 g/mol. The molecule has 0 N–H and O–H groups in total. The number of fused-ring (bicyclic) bond motifs is 1. The van der Waals surface area contributed by atoms with Gasteiger partial charge in [-0.2, -0.15) is 5.26 Å². The fraction of sp³-hybridized carbons (Fsp3) is 0.286. The highest BCUT2D eigenvalue weighted by Gasteiger charge is 2.40. The summed E-state index contributed by atoms with van der Waals surface area (Å²) in [5.74, 6) is 0. The molecule has 0 spiro atoms. The monoisotopic (exact) mass is 208 g/mol. The van der Waals surface area contributed by atoms with Crippen molar-refractivity contribution in [2.24, 2.45) is 0 Å². The Bertz CT molecular complexity index is 577. The van der Waals surface area contributed by atoms with E-state index in [1.165, 1.54) is 5.39 Å². The Morgan fingerprint density at radius 1 is 1.19 bits per heavy atom. The molecule has 1 aliphatic rings. The van der Waals surface area contributed by atoms with Crippen LogP contribution in [0.2, 0.25) is 0 Å². The van der Waals surface area contributed by atoms with E-state index in [1.807, 2.05) is 24.4 Å². The third kappa shape index (κ3) is 1.22. The molecule has 0 atom stereocenters. The van der Waals surface area contributed by atoms with Crippen LogP contribution in [0.25, 0.3) is 10.8 Å². The maximum Gasteiger partial charge on any atom is 0.0993 e. The zero-order valence-corrected chi connectivity index (χ0v) is 8.98. The predicted octanol–water partition coefficient (Wildman–Crippen LogP) is 3.18. The predicted molar refractivity (Wildman–Crippen MR) is 62.9 cm³/mol. The second kappa shape index (κ2) is 3.31. The summed E-state index contributed by atoms with van der Waals surface area (Å²) in [4.78, 5) is 4.45. The second-order valence-electron chi connectivity index (χ2n) is 4.46. The van der Waals surface area contributed by atoms with Crippen LogP contribution >= 0.6 is 0 Å². The van der Waals surface area contributed by atoms with Crippen molar-refractivity contribution in [1.82, 2.24) is 4.98 Å². The lowest BCUT2D eigenvalue weighted by Gasteiger charge is -2.34. The van der Waals surface area contributed by atoms with Crippen LogP contribution in [0.4, 0.5) is 0 Å². The molecule has 2 nitrogen and oxygen atoms in total. The Labute approximate surface area is 94.5 Å². The second-order valence-corrected chi connectivity index (χ2v) is 4.46. The fourth-order valence-electron chi connectivity index (χ4n) is 2.30. The quantitative estimate of drug-likeness (QED) is 0.721. The van der Waals surface area contributed by atoms with E-state index in [0.717, 1.165) is 30.3 Å². The summed E-state index contributed by atoms with van der Waals surface area (Å²) in [5, 5.41) is 11.6. The SMILES string of the molecule is N#CC1(c2cc3ccccc3cn2)CCC1. The van der Waals surface area contributed by atoms with Crippen LogP contribution in [-0.4, -0.2) is 4.98 Å². The Hall–Kier alpha value is -1.88. The van der Waals surface area contributed by atoms with Crippen LogP contribution in [0, 0.1) is 11.3 Å². The van der Waals surface area contributed by atoms with E-state index in [0.29, 0.717) is 0 Å². The highest BCUT2D eigenvalue weighted by Crippen LogP contribution is 2.42. The molecule has 1 aromatic heterocycles. The molecule has 1 aliphatic carbocycles. The molecule has 1 heterocycles. The minimum atomic E-state index is -0.302. The van der Waals surface area contributed by atoms with Gasteiger partial charge in [-0.25, -0.2) is 0 Å². The molecule has 1 saturated carbocycles. The van der Waals surface area contributed by atoms with Gasteiger partial charge in [0.05, 0.1) is 17.2 Å². The van der Waals surface area contributed by atoms with Crippen molar-refractivity contribution in [3.05, 3.63) is 42.2 Å². The normalized spacial score (nSPS) is 17.7. The van der Waals surface area contributed by atoms with Gasteiger partial charge in [-0.3, -0.25) is 4.98 Å². The lowest BCUT2D eigenvalue weighted by molar-refractivity contribution is 0.316. The third-order valence-corrected chi connectivity index (χ3v) is 3.54. The minimum Gasteiger partial charge on any atom is -0.259 e. The first-order valence-electron chi connectivity index (χ1n) is 5.61.